The van der Waals surface area contributed by atoms with Crippen LogP contribution in [0.3, 0.4) is 0 Å². The molecule has 2 heterocycles. The smallest absolute Gasteiger partial charge is 0.110 e. The van der Waals surface area contributed by atoms with Gasteiger partial charge in [0.15, 0.2) is 0 Å². The zero-order valence-electron chi connectivity index (χ0n) is 14.3. The highest BCUT2D eigenvalue weighted by molar-refractivity contribution is 6.02. The Labute approximate surface area is 146 Å². The van der Waals surface area contributed by atoms with Gasteiger partial charge in [-0.25, -0.2) is 4.98 Å². The van der Waals surface area contributed by atoms with Crippen LogP contribution in [0.2, 0.25) is 0 Å². The summed E-state index contributed by atoms with van der Waals surface area (Å²) in [6.45, 7) is 3.02. The van der Waals surface area contributed by atoms with Gasteiger partial charge < -0.3 is 9.67 Å². The van der Waals surface area contributed by atoms with Gasteiger partial charge in [-0.3, -0.25) is 4.98 Å². The minimum Gasteiger partial charge on any atom is -0.392 e. The molecule has 0 spiro atoms. The molecule has 4 nitrogen and oxygen atoms in total. The molecule has 4 rings (SSSR count). The van der Waals surface area contributed by atoms with Crippen LogP contribution >= 0.6 is 0 Å². The van der Waals surface area contributed by atoms with E-state index in [2.05, 4.69) is 40.7 Å². The maximum Gasteiger partial charge on any atom is 0.110 e. The lowest BCUT2D eigenvalue weighted by molar-refractivity contribution is 0.282. The number of aliphatic hydroxyl groups is 1. The first-order valence-corrected chi connectivity index (χ1v) is 8.71. The first-order valence-electron chi connectivity index (χ1n) is 8.71. The van der Waals surface area contributed by atoms with Gasteiger partial charge in [0, 0.05) is 18.4 Å². The summed E-state index contributed by atoms with van der Waals surface area (Å²) in [6, 6.07) is 16.3. The summed E-state index contributed by atoms with van der Waals surface area (Å²) in [4.78, 5) is 9.39. The summed E-state index contributed by atoms with van der Waals surface area (Å²) in [5.74, 6) is 1.10. The second kappa shape index (κ2) is 6.65. The van der Waals surface area contributed by atoms with Crippen LogP contribution in [-0.2, 0) is 19.6 Å². The van der Waals surface area contributed by atoms with Crippen molar-refractivity contribution < 1.29 is 5.11 Å². The molecule has 0 radical (unpaired) electrons. The third kappa shape index (κ3) is 2.89. The minimum absolute atomic E-state index is 0.0751. The number of hydrogen-bond acceptors (Lipinski definition) is 3. The summed E-state index contributed by atoms with van der Waals surface area (Å²) in [7, 11) is 0. The monoisotopic (exact) mass is 331 g/mol. The minimum atomic E-state index is 0.0751. The molecule has 0 bridgehead atoms. The number of nitrogens with zero attached hydrogens (tertiary/aromatic N) is 3. The molecular weight excluding hydrogens is 310 g/mol. The van der Waals surface area contributed by atoms with Crippen molar-refractivity contribution in [1.82, 2.24) is 14.5 Å². The van der Waals surface area contributed by atoms with E-state index in [1.54, 1.807) is 0 Å². The Bertz CT molecular complexity index is 1020. The number of rotatable bonds is 5. The van der Waals surface area contributed by atoms with Crippen molar-refractivity contribution in [2.24, 2.45) is 0 Å². The Balaban J connectivity index is 1.89. The second-order valence-corrected chi connectivity index (χ2v) is 6.35. The average Bonchev–Trinajstić information content (AvgIpc) is 3.00. The summed E-state index contributed by atoms with van der Waals surface area (Å²) in [6.07, 6.45) is 3.87. The number of fused-ring (bicyclic) bond motifs is 3. The van der Waals surface area contributed by atoms with Crippen molar-refractivity contribution in [1.29, 1.82) is 0 Å². The van der Waals surface area contributed by atoms with Crippen LogP contribution in [0.4, 0.5) is 0 Å². The molecule has 0 atom stereocenters. The molecule has 0 aliphatic carbocycles. The van der Waals surface area contributed by atoms with Gasteiger partial charge in [0.1, 0.15) is 11.3 Å². The fourth-order valence-electron chi connectivity index (χ4n) is 3.33. The van der Waals surface area contributed by atoms with Crippen LogP contribution < -0.4 is 0 Å². The van der Waals surface area contributed by atoms with Gasteiger partial charge in [-0.15, -0.1) is 0 Å². The molecule has 0 fully saturated rings. The number of pyridine rings is 1. The van der Waals surface area contributed by atoms with E-state index in [0.29, 0.717) is 0 Å². The molecule has 4 aromatic rings. The first kappa shape index (κ1) is 15.8. The highest BCUT2D eigenvalue weighted by Crippen LogP contribution is 2.26. The maximum atomic E-state index is 9.24. The van der Waals surface area contributed by atoms with Crippen LogP contribution in [0.5, 0.6) is 0 Å². The van der Waals surface area contributed by atoms with Gasteiger partial charge in [-0.05, 0) is 23.6 Å². The number of aryl methyl sites for hydroxylation is 1. The Morgan fingerprint density at radius 3 is 2.48 bits per heavy atom. The van der Waals surface area contributed by atoms with E-state index < -0.39 is 0 Å². The quantitative estimate of drug-likeness (QED) is 0.599. The number of hydrogen-bond donors (Lipinski definition) is 1. The molecule has 0 saturated heterocycles. The van der Waals surface area contributed by atoms with Crippen molar-refractivity contribution >= 4 is 21.9 Å². The standard InChI is InChI=1S/C21H21N3O/c1-2-5-20-23-19-12-22-18-7-4-3-6-17(18)21(19)24(20)13-15-8-10-16(14-25)11-9-15/h3-4,6-12,25H,2,5,13-14H2,1H3. The Hall–Kier alpha value is -2.72. The molecule has 2 aromatic heterocycles. The van der Waals surface area contributed by atoms with E-state index in [1.165, 1.54) is 5.56 Å². The third-order valence-electron chi connectivity index (χ3n) is 4.58. The third-order valence-corrected chi connectivity index (χ3v) is 4.58. The topological polar surface area (TPSA) is 50.9 Å². The number of imidazole rings is 1. The highest BCUT2D eigenvalue weighted by Gasteiger charge is 2.14. The van der Waals surface area contributed by atoms with Crippen molar-refractivity contribution in [3.05, 3.63) is 71.7 Å². The van der Waals surface area contributed by atoms with E-state index in [-0.39, 0.29) is 6.61 Å². The average molecular weight is 331 g/mol. The van der Waals surface area contributed by atoms with Crippen molar-refractivity contribution in [2.45, 2.75) is 32.9 Å². The molecule has 1 N–H and O–H groups in total. The van der Waals surface area contributed by atoms with Gasteiger partial charge in [-0.1, -0.05) is 49.4 Å². The fraction of sp³-hybridized carbons (Fsp3) is 0.238. The lowest BCUT2D eigenvalue weighted by atomic mass is 10.1. The van der Waals surface area contributed by atoms with Gasteiger partial charge >= 0.3 is 0 Å². The van der Waals surface area contributed by atoms with E-state index in [1.807, 2.05) is 30.5 Å². The van der Waals surface area contributed by atoms with E-state index in [0.717, 1.165) is 52.7 Å². The fourth-order valence-corrected chi connectivity index (χ4v) is 3.33. The van der Waals surface area contributed by atoms with Crippen LogP contribution in [-0.4, -0.2) is 19.6 Å². The largest absolute Gasteiger partial charge is 0.392 e. The lowest BCUT2D eigenvalue weighted by Gasteiger charge is -2.11. The molecule has 0 amide bonds. The number of aliphatic hydroxyl groups excluding tert-OH is 1. The van der Waals surface area contributed by atoms with Gasteiger partial charge in [0.25, 0.3) is 0 Å². The molecule has 25 heavy (non-hydrogen) atoms. The zero-order chi connectivity index (χ0) is 17.2. The van der Waals surface area contributed by atoms with Gasteiger partial charge in [0.05, 0.1) is 23.8 Å². The molecule has 2 aromatic carbocycles. The Morgan fingerprint density at radius 2 is 1.72 bits per heavy atom. The number of benzene rings is 2. The normalized spacial score (nSPS) is 11.4. The Morgan fingerprint density at radius 1 is 0.960 bits per heavy atom. The first-order chi connectivity index (χ1) is 12.3. The SMILES string of the molecule is CCCc1nc2cnc3ccccc3c2n1Cc1ccc(CO)cc1. The van der Waals surface area contributed by atoms with Crippen molar-refractivity contribution in [3.8, 4) is 0 Å². The van der Waals surface area contributed by atoms with Crippen molar-refractivity contribution in [3.63, 3.8) is 0 Å². The summed E-state index contributed by atoms with van der Waals surface area (Å²) < 4.78 is 2.32. The van der Waals surface area contributed by atoms with Crippen molar-refractivity contribution in [2.75, 3.05) is 0 Å². The maximum absolute atomic E-state index is 9.24. The predicted octanol–water partition coefficient (Wildman–Crippen LogP) is 4.08. The molecule has 0 unspecified atom stereocenters. The summed E-state index contributed by atoms with van der Waals surface area (Å²) in [5.41, 5.74) is 5.24. The molecule has 0 aliphatic heterocycles. The highest BCUT2D eigenvalue weighted by atomic mass is 16.3. The molecular formula is C21H21N3O. The van der Waals surface area contributed by atoms with Gasteiger partial charge in [0.2, 0.25) is 0 Å². The van der Waals surface area contributed by atoms with Crippen LogP contribution in [0, 0.1) is 0 Å². The number of para-hydroxylation sites is 1. The lowest BCUT2D eigenvalue weighted by Crippen LogP contribution is -2.05. The molecule has 0 aliphatic rings. The van der Waals surface area contributed by atoms with Crippen LogP contribution in [0.15, 0.2) is 54.7 Å². The van der Waals surface area contributed by atoms with E-state index >= 15 is 0 Å². The second-order valence-electron chi connectivity index (χ2n) is 6.35. The van der Waals surface area contributed by atoms with Crippen LogP contribution in [0.1, 0.15) is 30.3 Å². The van der Waals surface area contributed by atoms with E-state index in [4.69, 9.17) is 4.98 Å². The van der Waals surface area contributed by atoms with Gasteiger partial charge in [-0.2, -0.15) is 0 Å². The summed E-state index contributed by atoms with van der Waals surface area (Å²) in [5, 5.41) is 10.4. The molecule has 4 heteroatoms. The predicted molar refractivity (Wildman–Crippen MR) is 100 cm³/mol. The Kier molecular flexibility index (Phi) is 4.20. The molecule has 0 saturated carbocycles. The number of aromatic nitrogens is 3. The molecule has 126 valence electrons. The summed E-state index contributed by atoms with van der Waals surface area (Å²) >= 11 is 0. The van der Waals surface area contributed by atoms with Crippen LogP contribution in [0.25, 0.3) is 21.9 Å². The zero-order valence-corrected chi connectivity index (χ0v) is 14.3. The van der Waals surface area contributed by atoms with E-state index in [9.17, 15) is 5.11 Å².